The average Bonchev–Trinajstić information content (AvgIpc) is 1.94. The highest BCUT2D eigenvalue weighted by atomic mass is 31.2. The molecule has 0 aromatic carbocycles. The molecule has 0 fully saturated rings. The predicted octanol–water partition coefficient (Wildman–Crippen LogP) is -0.952. The van der Waals surface area contributed by atoms with Crippen molar-refractivity contribution in [2.24, 2.45) is 0 Å². The van der Waals surface area contributed by atoms with E-state index >= 15 is 0 Å². The Balaban J connectivity index is 4.38. The number of hydrogen-bond donors (Lipinski definition) is 5. The van der Waals surface area contributed by atoms with Crippen molar-refractivity contribution in [3.05, 3.63) is 0 Å². The fourth-order valence-corrected chi connectivity index (χ4v) is 1.58. The third-order valence-electron chi connectivity index (χ3n) is 1.12. The molecule has 5 N–H and O–H groups in total. The van der Waals surface area contributed by atoms with Crippen molar-refractivity contribution >= 4 is 21.6 Å². The van der Waals surface area contributed by atoms with Gasteiger partial charge in [0.05, 0.1) is 13.0 Å². The van der Waals surface area contributed by atoms with Crippen LogP contribution >= 0.6 is 15.6 Å². The maximum atomic E-state index is 10.4. The summed E-state index contributed by atoms with van der Waals surface area (Å²) in [4.78, 5) is 43.6. The van der Waals surface area contributed by atoms with E-state index in [1.165, 1.54) is 0 Å². The molecular formula is C4H10O10P2. The van der Waals surface area contributed by atoms with Gasteiger partial charge >= 0.3 is 21.6 Å². The number of carboxylic acids is 1. The first kappa shape index (κ1) is 15.7. The maximum Gasteiger partial charge on any atom is 0.469 e. The van der Waals surface area contributed by atoms with Crippen LogP contribution in [0.1, 0.15) is 6.42 Å². The van der Waals surface area contributed by atoms with E-state index in [1.54, 1.807) is 0 Å². The molecule has 0 aliphatic heterocycles. The van der Waals surface area contributed by atoms with E-state index in [0.29, 0.717) is 0 Å². The highest BCUT2D eigenvalue weighted by molar-refractivity contribution is 7.46. The highest BCUT2D eigenvalue weighted by Crippen LogP contribution is 2.41. The number of phosphoric ester groups is 2. The fraction of sp³-hybridized carbons (Fsp3) is 0.750. The van der Waals surface area contributed by atoms with Gasteiger partial charge in [-0.1, -0.05) is 0 Å². The summed E-state index contributed by atoms with van der Waals surface area (Å²) in [6, 6.07) is 0. The first-order valence-electron chi connectivity index (χ1n) is 3.65. The van der Waals surface area contributed by atoms with Gasteiger partial charge in [0.1, 0.15) is 6.10 Å². The topological polar surface area (TPSA) is 171 Å². The van der Waals surface area contributed by atoms with Crippen LogP contribution in [0.4, 0.5) is 0 Å². The van der Waals surface area contributed by atoms with Crippen molar-refractivity contribution < 1.29 is 47.7 Å². The first-order chi connectivity index (χ1) is 6.99. The summed E-state index contributed by atoms with van der Waals surface area (Å²) in [5.41, 5.74) is 0. The molecule has 0 aromatic heterocycles. The number of phosphoric acid groups is 2. The van der Waals surface area contributed by atoms with Crippen molar-refractivity contribution in [3.8, 4) is 0 Å². The molecule has 10 nitrogen and oxygen atoms in total. The molecule has 0 aromatic rings. The second kappa shape index (κ2) is 5.85. The molecule has 1 atom stereocenters. The third kappa shape index (κ3) is 10.2. The molecular weight excluding hydrogens is 270 g/mol. The monoisotopic (exact) mass is 280 g/mol. The zero-order chi connectivity index (χ0) is 13.0. The standard InChI is InChI=1S/C4H10O10P2/c5-4(6)1-3(14-16(10,11)12)2-13-15(7,8)9/h3H,1-2H2,(H,5,6)(H2,7,8,9)(H2,10,11,12). The summed E-state index contributed by atoms with van der Waals surface area (Å²) >= 11 is 0. The number of aliphatic carboxylic acids is 1. The lowest BCUT2D eigenvalue weighted by molar-refractivity contribution is -0.139. The SMILES string of the molecule is O=C(O)CC(COP(=O)(O)O)OP(=O)(O)O. The van der Waals surface area contributed by atoms with Crippen molar-refractivity contribution in [3.63, 3.8) is 0 Å². The van der Waals surface area contributed by atoms with Gasteiger partial charge in [-0.2, -0.15) is 0 Å². The van der Waals surface area contributed by atoms with Crippen LogP contribution in [0, 0.1) is 0 Å². The van der Waals surface area contributed by atoms with Gasteiger partial charge in [0, 0.05) is 0 Å². The number of hydrogen-bond acceptors (Lipinski definition) is 5. The van der Waals surface area contributed by atoms with Gasteiger partial charge in [-0.25, -0.2) is 9.13 Å². The van der Waals surface area contributed by atoms with Gasteiger partial charge in [0.25, 0.3) is 0 Å². The zero-order valence-electron chi connectivity index (χ0n) is 7.66. The van der Waals surface area contributed by atoms with E-state index in [4.69, 9.17) is 24.7 Å². The minimum absolute atomic E-state index is 0.870. The van der Waals surface area contributed by atoms with Crippen molar-refractivity contribution in [2.75, 3.05) is 6.61 Å². The Morgan fingerprint density at radius 3 is 1.94 bits per heavy atom. The largest absolute Gasteiger partial charge is 0.481 e. The molecule has 0 saturated heterocycles. The molecule has 0 aliphatic rings. The Kier molecular flexibility index (Phi) is 5.74. The summed E-state index contributed by atoms with van der Waals surface area (Å²) < 4.78 is 28.5. The van der Waals surface area contributed by atoms with Gasteiger partial charge in [-0.3, -0.25) is 13.8 Å². The predicted molar refractivity (Wildman–Crippen MR) is 47.2 cm³/mol. The summed E-state index contributed by atoms with van der Waals surface area (Å²) in [6.07, 6.45) is -2.53. The second-order valence-corrected chi connectivity index (χ2v) is 5.03. The number of rotatable bonds is 7. The Bertz CT molecular complexity index is 326. The second-order valence-electron chi connectivity index (χ2n) is 2.60. The molecule has 0 rings (SSSR count). The van der Waals surface area contributed by atoms with E-state index in [9.17, 15) is 13.9 Å². The molecule has 0 saturated carbocycles. The van der Waals surface area contributed by atoms with Crippen LogP contribution in [-0.4, -0.2) is 43.4 Å². The average molecular weight is 280 g/mol. The molecule has 0 aliphatic carbocycles. The number of carbonyl (C=O) groups is 1. The molecule has 0 spiro atoms. The van der Waals surface area contributed by atoms with Crippen LogP contribution in [-0.2, 0) is 23.0 Å². The van der Waals surface area contributed by atoms with Gasteiger partial charge in [0.2, 0.25) is 0 Å². The Morgan fingerprint density at radius 2 is 1.62 bits per heavy atom. The van der Waals surface area contributed by atoms with Crippen LogP contribution in [0.15, 0.2) is 0 Å². The van der Waals surface area contributed by atoms with E-state index in [0.717, 1.165) is 0 Å². The van der Waals surface area contributed by atoms with Crippen LogP contribution in [0.5, 0.6) is 0 Å². The van der Waals surface area contributed by atoms with E-state index in [1.807, 2.05) is 0 Å². The minimum Gasteiger partial charge on any atom is -0.481 e. The molecule has 0 amide bonds. The smallest absolute Gasteiger partial charge is 0.469 e. The molecule has 96 valence electrons. The summed E-state index contributed by atoms with van der Waals surface area (Å²) in [5, 5.41) is 8.33. The summed E-state index contributed by atoms with van der Waals surface area (Å²) in [5.74, 6) is -1.47. The van der Waals surface area contributed by atoms with Gasteiger partial charge < -0.3 is 24.7 Å². The van der Waals surface area contributed by atoms with Crippen LogP contribution in [0.2, 0.25) is 0 Å². The minimum atomic E-state index is -4.96. The van der Waals surface area contributed by atoms with Crippen molar-refractivity contribution in [1.82, 2.24) is 0 Å². The lowest BCUT2D eigenvalue weighted by Gasteiger charge is -2.16. The Labute approximate surface area is 89.3 Å². The molecule has 1 unspecified atom stereocenters. The first-order valence-corrected chi connectivity index (χ1v) is 6.71. The number of carboxylic acid groups (broad SMARTS) is 1. The summed E-state index contributed by atoms with van der Waals surface area (Å²) in [6.45, 7) is -0.957. The third-order valence-corrected chi connectivity index (χ3v) is 2.18. The van der Waals surface area contributed by atoms with Crippen LogP contribution < -0.4 is 0 Å². The lowest BCUT2D eigenvalue weighted by atomic mass is 10.3. The van der Waals surface area contributed by atoms with Crippen LogP contribution in [0.25, 0.3) is 0 Å². The Hall–Kier alpha value is -0.310. The molecule has 0 heterocycles. The fourth-order valence-electron chi connectivity index (χ4n) is 0.696. The van der Waals surface area contributed by atoms with Gasteiger partial charge in [0.15, 0.2) is 0 Å². The highest BCUT2D eigenvalue weighted by Gasteiger charge is 2.27. The Morgan fingerprint density at radius 1 is 1.12 bits per heavy atom. The zero-order valence-corrected chi connectivity index (χ0v) is 9.45. The van der Waals surface area contributed by atoms with E-state index in [2.05, 4.69) is 9.05 Å². The van der Waals surface area contributed by atoms with E-state index in [-0.39, 0.29) is 0 Å². The summed E-state index contributed by atoms with van der Waals surface area (Å²) in [7, 11) is -9.81. The maximum absolute atomic E-state index is 10.4. The quantitative estimate of drug-likeness (QED) is 0.366. The van der Waals surface area contributed by atoms with Gasteiger partial charge in [-0.05, 0) is 0 Å². The van der Waals surface area contributed by atoms with Crippen molar-refractivity contribution in [2.45, 2.75) is 12.5 Å². The van der Waals surface area contributed by atoms with E-state index < -0.39 is 40.7 Å². The molecule has 12 heteroatoms. The van der Waals surface area contributed by atoms with Gasteiger partial charge in [-0.15, -0.1) is 0 Å². The van der Waals surface area contributed by atoms with Crippen LogP contribution in [0.3, 0.4) is 0 Å². The molecule has 0 bridgehead atoms. The molecule has 16 heavy (non-hydrogen) atoms. The normalized spacial score (nSPS) is 14.8. The van der Waals surface area contributed by atoms with Crippen molar-refractivity contribution in [1.29, 1.82) is 0 Å². The lowest BCUT2D eigenvalue weighted by Crippen LogP contribution is -2.22. The molecule has 0 radical (unpaired) electrons.